The topological polar surface area (TPSA) is 43.7 Å². The Morgan fingerprint density at radius 1 is 1.30 bits per heavy atom. The zero-order valence-electron chi connectivity index (χ0n) is 12.2. The maximum atomic E-state index is 14.3. The molecule has 0 saturated heterocycles. The first-order valence-electron chi connectivity index (χ1n) is 7.18. The molecule has 0 aliphatic heterocycles. The molecular weight excluding hydrogens is 257 g/mol. The van der Waals surface area contributed by atoms with E-state index >= 15 is 0 Å². The van der Waals surface area contributed by atoms with Gasteiger partial charge in [0.15, 0.2) is 0 Å². The number of hydrogen-bond donors (Lipinski definition) is 2. The number of halogens is 1. The molecule has 1 aromatic carbocycles. The Morgan fingerprint density at radius 3 is 2.65 bits per heavy atom. The average Bonchev–Trinajstić information content (AvgIpc) is 3.05. The third-order valence-electron chi connectivity index (χ3n) is 5.54. The largest absolute Gasteiger partial charge is 0.508 e. The number of nitrogens with zero attached hydrogens (tertiary/aromatic N) is 1. The van der Waals surface area contributed by atoms with Gasteiger partial charge in [-0.25, -0.2) is 4.39 Å². The molecule has 0 aromatic heterocycles. The van der Waals surface area contributed by atoms with Gasteiger partial charge >= 0.3 is 0 Å². The van der Waals surface area contributed by atoms with Gasteiger partial charge in [-0.15, -0.1) is 0 Å². The van der Waals surface area contributed by atoms with E-state index in [2.05, 4.69) is 0 Å². The van der Waals surface area contributed by atoms with Crippen LogP contribution in [-0.4, -0.2) is 35.3 Å². The van der Waals surface area contributed by atoms with Crippen molar-refractivity contribution >= 4 is 0 Å². The van der Waals surface area contributed by atoms with E-state index in [1.54, 1.807) is 0 Å². The van der Waals surface area contributed by atoms with Crippen LogP contribution < -0.4 is 0 Å². The summed E-state index contributed by atoms with van der Waals surface area (Å²) < 4.78 is 14.3. The van der Waals surface area contributed by atoms with Crippen LogP contribution >= 0.6 is 0 Å². The lowest BCUT2D eigenvalue weighted by Crippen LogP contribution is -2.55. The van der Waals surface area contributed by atoms with E-state index in [0.717, 1.165) is 19.3 Å². The maximum absolute atomic E-state index is 14.3. The Bertz CT molecular complexity index is 547. The smallest absolute Gasteiger partial charge is 0.129 e. The Kier molecular flexibility index (Phi) is 2.89. The number of fused-ring (bicyclic) bond motifs is 1. The van der Waals surface area contributed by atoms with Crippen LogP contribution in [0.3, 0.4) is 0 Å². The summed E-state index contributed by atoms with van der Waals surface area (Å²) in [6, 6.07) is 3.81. The molecule has 4 unspecified atom stereocenters. The number of aliphatic hydroxyl groups is 1. The van der Waals surface area contributed by atoms with E-state index in [0.29, 0.717) is 5.92 Å². The third kappa shape index (κ3) is 1.64. The number of likely N-dealkylation sites (N-methyl/N-ethyl adjacent to an activating group) is 1. The van der Waals surface area contributed by atoms with Crippen molar-refractivity contribution in [2.24, 2.45) is 11.3 Å². The van der Waals surface area contributed by atoms with Crippen molar-refractivity contribution in [3.63, 3.8) is 0 Å². The van der Waals surface area contributed by atoms with E-state index in [-0.39, 0.29) is 22.8 Å². The molecule has 3 nitrogen and oxygen atoms in total. The van der Waals surface area contributed by atoms with Gasteiger partial charge in [-0.3, -0.25) is 0 Å². The minimum absolute atomic E-state index is 0.00120. The van der Waals surface area contributed by atoms with Crippen molar-refractivity contribution < 1.29 is 14.6 Å². The lowest BCUT2D eigenvalue weighted by Gasteiger charge is -2.48. The second-order valence-electron chi connectivity index (χ2n) is 6.81. The highest BCUT2D eigenvalue weighted by Crippen LogP contribution is 2.69. The summed E-state index contributed by atoms with van der Waals surface area (Å²) in [5.41, 5.74) is -1.31. The highest BCUT2D eigenvalue weighted by molar-refractivity contribution is 5.39. The summed E-state index contributed by atoms with van der Waals surface area (Å²) in [7, 11) is 3.84. The Balaban J connectivity index is 2.16. The number of aromatic hydroxyl groups is 1. The van der Waals surface area contributed by atoms with Gasteiger partial charge in [0.2, 0.25) is 0 Å². The first kappa shape index (κ1) is 13.8. The highest BCUT2D eigenvalue weighted by Gasteiger charge is 2.69. The molecule has 0 spiro atoms. The summed E-state index contributed by atoms with van der Waals surface area (Å²) in [5.74, 6) is 0.00933. The first-order valence-corrected chi connectivity index (χ1v) is 7.18. The van der Waals surface area contributed by atoms with Crippen LogP contribution in [0.4, 0.5) is 4.39 Å². The van der Waals surface area contributed by atoms with Gasteiger partial charge < -0.3 is 15.1 Å². The number of phenols is 1. The van der Waals surface area contributed by atoms with E-state index in [1.807, 2.05) is 25.9 Å². The summed E-state index contributed by atoms with van der Waals surface area (Å²) >= 11 is 0. The highest BCUT2D eigenvalue weighted by atomic mass is 19.1. The van der Waals surface area contributed by atoms with Crippen LogP contribution in [0.1, 0.15) is 31.7 Å². The fourth-order valence-corrected chi connectivity index (χ4v) is 4.21. The third-order valence-corrected chi connectivity index (χ3v) is 5.54. The van der Waals surface area contributed by atoms with Gasteiger partial charge in [0.05, 0.1) is 0 Å². The van der Waals surface area contributed by atoms with Crippen molar-refractivity contribution in [1.82, 2.24) is 4.90 Å². The Hall–Kier alpha value is -1.13. The molecular formula is C16H22FNO2. The monoisotopic (exact) mass is 279 g/mol. The van der Waals surface area contributed by atoms with E-state index < -0.39 is 11.4 Å². The van der Waals surface area contributed by atoms with Gasteiger partial charge in [0.25, 0.3) is 0 Å². The Labute approximate surface area is 119 Å². The fraction of sp³-hybridized carbons (Fsp3) is 0.625. The van der Waals surface area contributed by atoms with Crippen molar-refractivity contribution in [1.29, 1.82) is 0 Å². The van der Waals surface area contributed by atoms with E-state index in [4.69, 9.17) is 0 Å². The summed E-state index contributed by atoms with van der Waals surface area (Å²) in [6.45, 7) is 2.04. The van der Waals surface area contributed by atoms with Crippen molar-refractivity contribution in [3.8, 4) is 5.75 Å². The normalized spacial score (nSPS) is 39.7. The van der Waals surface area contributed by atoms with Crippen LogP contribution in [0, 0.1) is 17.2 Å². The van der Waals surface area contributed by atoms with E-state index in [9.17, 15) is 14.6 Å². The quantitative estimate of drug-likeness (QED) is 0.874. The number of rotatable bonds is 2. The molecule has 4 atom stereocenters. The molecule has 4 heteroatoms. The lowest BCUT2D eigenvalue weighted by atomic mass is 9.67. The molecule has 20 heavy (non-hydrogen) atoms. The molecule has 0 bridgehead atoms. The number of phenolic OH excluding ortho intramolecular Hbond substituents is 1. The van der Waals surface area contributed by atoms with Crippen molar-refractivity contribution in [3.05, 3.63) is 29.6 Å². The predicted octanol–water partition coefficient (Wildman–Crippen LogP) is 2.47. The van der Waals surface area contributed by atoms with Gasteiger partial charge in [-0.1, -0.05) is 6.92 Å². The molecule has 3 rings (SSSR count). The molecule has 2 fully saturated rings. The second-order valence-corrected chi connectivity index (χ2v) is 6.81. The lowest BCUT2D eigenvalue weighted by molar-refractivity contribution is -0.118. The van der Waals surface area contributed by atoms with Gasteiger partial charge in [-0.05, 0) is 57.5 Å². The standard InChI is InChI=1S/C16H22FNO2/c1-15-9-10(15)4-7-14(18(2)3)16(15,20)12-8-11(19)5-6-13(12)17/h5-6,8,10,14,19-20H,4,7,9H2,1-3H3. The second kappa shape index (κ2) is 4.18. The van der Waals surface area contributed by atoms with Crippen LogP contribution in [0.2, 0.25) is 0 Å². The number of benzene rings is 1. The molecule has 2 N–H and O–H groups in total. The zero-order chi connectivity index (χ0) is 14.7. The summed E-state index contributed by atoms with van der Waals surface area (Å²) in [6.07, 6.45) is 2.84. The molecule has 2 saturated carbocycles. The summed E-state index contributed by atoms with van der Waals surface area (Å²) in [4.78, 5) is 1.98. The maximum Gasteiger partial charge on any atom is 0.129 e. The molecule has 2 aliphatic carbocycles. The van der Waals surface area contributed by atoms with E-state index in [1.165, 1.54) is 18.2 Å². The van der Waals surface area contributed by atoms with Crippen LogP contribution in [-0.2, 0) is 5.60 Å². The first-order chi connectivity index (χ1) is 9.30. The van der Waals surface area contributed by atoms with Crippen LogP contribution in [0.5, 0.6) is 5.75 Å². The van der Waals surface area contributed by atoms with Gasteiger partial charge in [-0.2, -0.15) is 0 Å². The SMILES string of the molecule is CN(C)C1CCC2CC2(C)C1(O)c1cc(O)ccc1F. The minimum Gasteiger partial charge on any atom is -0.508 e. The Morgan fingerprint density at radius 2 is 2.00 bits per heavy atom. The number of hydrogen-bond acceptors (Lipinski definition) is 3. The molecule has 0 amide bonds. The molecule has 2 aliphatic rings. The average molecular weight is 279 g/mol. The molecule has 0 radical (unpaired) electrons. The fourth-order valence-electron chi connectivity index (χ4n) is 4.21. The van der Waals surface area contributed by atoms with Gasteiger partial charge in [0.1, 0.15) is 17.2 Å². The van der Waals surface area contributed by atoms with Crippen LogP contribution in [0.25, 0.3) is 0 Å². The molecule has 0 heterocycles. The van der Waals surface area contributed by atoms with Crippen molar-refractivity contribution in [2.75, 3.05) is 14.1 Å². The van der Waals surface area contributed by atoms with Crippen LogP contribution in [0.15, 0.2) is 18.2 Å². The molecule has 1 aromatic rings. The summed E-state index contributed by atoms with van der Waals surface area (Å²) in [5, 5.41) is 21.2. The van der Waals surface area contributed by atoms with Gasteiger partial charge in [0, 0.05) is 17.0 Å². The minimum atomic E-state index is -1.25. The molecule has 110 valence electrons. The van der Waals surface area contributed by atoms with Crippen molar-refractivity contribution in [2.45, 2.75) is 37.8 Å². The predicted molar refractivity (Wildman–Crippen MR) is 74.9 cm³/mol. The zero-order valence-corrected chi connectivity index (χ0v) is 12.2.